The summed E-state index contributed by atoms with van der Waals surface area (Å²) in [6.07, 6.45) is 0.799. The highest BCUT2D eigenvalue weighted by molar-refractivity contribution is 5.46. The van der Waals surface area contributed by atoms with Gasteiger partial charge in [0.25, 0.3) is 0 Å². The Bertz CT molecular complexity index is 356. The molecule has 0 aliphatic carbocycles. The van der Waals surface area contributed by atoms with E-state index in [2.05, 4.69) is 0 Å². The molecule has 0 spiro atoms. The third-order valence-electron chi connectivity index (χ3n) is 2.09. The van der Waals surface area contributed by atoms with Crippen LogP contribution in [0, 0.1) is 11.6 Å². The van der Waals surface area contributed by atoms with Crippen molar-refractivity contribution in [3.8, 4) is 11.5 Å². The summed E-state index contributed by atoms with van der Waals surface area (Å²) in [5.74, 6) is -2.50. The number of phenols is 1. The lowest BCUT2D eigenvalue weighted by atomic mass is 10.1. The first-order valence-corrected chi connectivity index (χ1v) is 4.55. The van der Waals surface area contributed by atoms with E-state index in [-0.39, 0.29) is 17.7 Å². The van der Waals surface area contributed by atoms with Gasteiger partial charge in [-0.3, -0.25) is 0 Å². The average Bonchev–Trinajstić information content (AvgIpc) is 2.21. The van der Waals surface area contributed by atoms with E-state index in [9.17, 15) is 13.9 Å². The van der Waals surface area contributed by atoms with Gasteiger partial charge in [-0.05, 0) is 19.4 Å². The molecule has 0 saturated carbocycles. The van der Waals surface area contributed by atoms with Gasteiger partial charge in [0.15, 0.2) is 23.1 Å². The second-order valence-electron chi connectivity index (χ2n) is 3.09. The van der Waals surface area contributed by atoms with Crippen LogP contribution in [-0.2, 0) is 6.42 Å². The molecular weight excluding hydrogens is 204 g/mol. The van der Waals surface area contributed by atoms with E-state index in [4.69, 9.17) is 10.5 Å². The minimum atomic E-state index is -0.986. The van der Waals surface area contributed by atoms with Crippen LogP contribution in [0.15, 0.2) is 6.07 Å². The van der Waals surface area contributed by atoms with Crippen LogP contribution in [0.25, 0.3) is 0 Å². The number of hydrogen-bond acceptors (Lipinski definition) is 3. The molecule has 5 heteroatoms. The van der Waals surface area contributed by atoms with Crippen molar-refractivity contribution in [1.29, 1.82) is 0 Å². The first kappa shape index (κ1) is 11.7. The summed E-state index contributed by atoms with van der Waals surface area (Å²) >= 11 is 0. The van der Waals surface area contributed by atoms with Crippen molar-refractivity contribution in [3.05, 3.63) is 23.3 Å². The molecule has 0 aromatic heterocycles. The van der Waals surface area contributed by atoms with Gasteiger partial charge in [0.2, 0.25) is 0 Å². The van der Waals surface area contributed by atoms with Gasteiger partial charge in [-0.15, -0.1) is 0 Å². The molecule has 15 heavy (non-hydrogen) atoms. The topological polar surface area (TPSA) is 55.5 Å². The Hall–Kier alpha value is -1.36. The summed E-state index contributed by atoms with van der Waals surface area (Å²) < 4.78 is 31.0. The van der Waals surface area contributed by atoms with E-state index in [1.54, 1.807) is 0 Å². The molecule has 0 heterocycles. The average molecular weight is 217 g/mol. The fourth-order valence-corrected chi connectivity index (χ4v) is 1.37. The summed E-state index contributed by atoms with van der Waals surface area (Å²) in [6, 6.07) is 0.597. The SMILES string of the molecule is COc1c(F)cc(F)c(O)c1CCCN. The molecule has 0 atom stereocenters. The van der Waals surface area contributed by atoms with E-state index in [1.165, 1.54) is 7.11 Å². The molecule has 84 valence electrons. The Kier molecular flexibility index (Phi) is 3.85. The summed E-state index contributed by atoms with van der Waals surface area (Å²) in [5, 5.41) is 9.40. The fourth-order valence-electron chi connectivity index (χ4n) is 1.37. The highest BCUT2D eigenvalue weighted by Crippen LogP contribution is 2.33. The molecule has 1 rings (SSSR count). The maximum absolute atomic E-state index is 13.2. The van der Waals surface area contributed by atoms with Crippen molar-refractivity contribution >= 4 is 0 Å². The van der Waals surface area contributed by atoms with Crippen LogP contribution in [0.3, 0.4) is 0 Å². The zero-order valence-corrected chi connectivity index (χ0v) is 8.39. The zero-order valence-electron chi connectivity index (χ0n) is 8.39. The standard InChI is InChI=1S/C10H13F2NO2/c1-15-10-6(3-2-4-13)9(14)7(11)5-8(10)12/h5,14H,2-4,13H2,1H3. The maximum atomic E-state index is 13.2. The predicted molar refractivity (Wildman–Crippen MR) is 52.0 cm³/mol. The van der Waals surface area contributed by atoms with Gasteiger partial charge in [0.1, 0.15) is 0 Å². The van der Waals surface area contributed by atoms with Crippen LogP contribution in [0.2, 0.25) is 0 Å². The number of aromatic hydroxyl groups is 1. The van der Waals surface area contributed by atoms with E-state index in [0.717, 1.165) is 0 Å². The van der Waals surface area contributed by atoms with Crippen LogP contribution in [0.4, 0.5) is 8.78 Å². The Morgan fingerprint density at radius 2 is 2.07 bits per heavy atom. The number of nitrogens with two attached hydrogens (primary N) is 1. The first-order chi connectivity index (χ1) is 7.11. The van der Waals surface area contributed by atoms with Crippen LogP contribution in [0.5, 0.6) is 11.5 Å². The Morgan fingerprint density at radius 1 is 1.40 bits per heavy atom. The number of ether oxygens (including phenoxy) is 1. The van der Waals surface area contributed by atoms with Crippen molar-refractivity contribution in [1.82, 2.24) is 0 Å². The monoisotopic (exact) mass is 217 g/mol. The highest BCUT2D eigenvalue weighted by Gasteiger charge is 2.18. The maximum Gasteiger partial charge on any atom is 0.168 e. The zero-order chi connectivity index (χ0) is 11.4. The van der Waals surface area contributed by atoms with Gasteiger partial charge < -0.3 is 15.6 Å². The molecule has 0 amide bonds. The van der Waals surface area contributed by atoms with Crippen LogP contribution in [-0.4, -0.2) is 18.8 Å². The smallest absolute Gasteiger partial charge is 0.168 e. The van der Waals surface area contributed by atoms with Crippen molar-refractivity contribution in [3.63, 3.8) is 0 Å². The first-order valence-electron chi connectivity index (χ1n) is 4.55. The van der Waals surface area contributed by atoms with Gasteiger partial charge in [-0.25, -0.2) is 8.78 Å². The third kappa shape index (κ3) is 2.36. The highest BCUT2D eigenvalue weighted by atomic mass is 19.1. The summed E-state index contributed by atoms with van der Waals surface area (Å²) in [4.78, 5) is 0. The molecule has 0 unspecified atom stereocenters. The summed E-state index contributed by atoms with van der Waals surface area (Å²) in [5.41, 5.74) is 5.41. The Morgan fingerprint density at radius 3 is 2.60 bits per heavy atom. The van der Waals surface area contributed by atoms with Gasteiger partial charge in [0.05, 0.1) is 7.11 Å². The van der Waals surface area contributed by atoms with Crippen molar-refractivity contribution < 1.29 is 18.6 Å². The van der Waals surface area contributed by atoms with Crippen LogP contribution >= 0.6 is 0 Å². The predicted octanol–water partition coefficient (Wildman–Crippen LogP) is 1.57. The van der Waals surface area contributed by atoms with Gasteiger partial charge >= 0.3 is 0 Å². The molecule has 0 fully saturated rings. The molecule has 3 nitrogen and oxygen atoms in total. The lowest BCUT2D eigenvalue weighted by Gasteiger charge is -2.11. The van der Waals surface area contributed by atoms with E-state index < -0.39 is 17.4 Å². The Labute approximate surface area is 86.5 Å². The molecule has 0 saturated heterocycles. The summed E-state index contributed by atoms with van der Waals surface area (Å²) in [7, 11) is 1.27. The molecular formula is C10H13F2NO2. The van der Waals surface area contributed by atoms with E-state index >= 15 is 0 Å². The molecule has 3 N–H and O–H groups in total. The number of halogens is 2. The number of phenolic OH excluding ortho intramolecular Hbond substituents is 1. The summed E-state index contributed by atoms with van der Waals surface area (Å²) in [6.45, 7) is 0.376. The van der Waals surface area contributed by atoms with E-state index in [0.29, 0.717) is 19.0 Å². The molecule has 1 aromatic rings. The molecule has 1 aromatic carbocycles. The van der Waals surface area contributed by atoms with Crippen molar-refractivity contribution in [2.75, 3.05) is 13.7 Å². The number of rotatable bonds is 4. The van der Waals surface area contributed by atoms with Crippen molar-refractivity contribution in [2.24, 2.45) is 5.73 Å². The fraction of sp³-hybridized carbons (Fsp3) is 0.400. The van der Waals surface area contributed by atoms with E-state index in [1.807, 2.05) is 0 Å². The largest absolute Gasteiger partial charge is 0.505 e. The van der Waals surface area contributed by atoms with Crippen molar-refractivity contribution in [2.45, 2.75) is 12.8 Å². The Balaban J connectivity index is 3.18. The van der Waals surface area contributed by atoms with Crippen LogP contribution < -0.4 is 10.5 Å². The van der Waals surface area contributed by atoms with Crippen LogP contribution in [0.1, 0.15) is 12.0 Å². The number of methoxy groups -OCH3 is 1. The third-order valence-corrected chi connectivity index (χ3v) is 2.09. The number of hydrogen-bond donors (Lipinski definition) is 2. The number of benzene rings is 1. The normalized spacial score (nSPS) is 10.4. The lowest BCUT2D eigenvalue weighted by molar-refractivity contribution is 0.361. The lowest BCUT2D eigenvalue weighted by Crippen LogP contribution is -2.03. The van der Waals surface area contributed by atoms with Gasteiger partial charge in [0, 0.05) is 11.6 Å². The molecule has 0 bridgehead atoms. The molecule has 0 aliphatic heterocycles. The second kappa shape index (κ2) is 4.93. The molecule has 0 radical (unpaired) electrons. The second-order valence-corrected chi connectivity index (χ2v) is 3.09. The minimum absolute atomic E-state index is 0.123. The van der Waals surface area contributed by atoms with Gasteiger partial charge in [-0.2, -0.15) is 0 Å². The molecule has 0 aliphatic rings. The van der Waals surface area contributed by atoms with Gasteiger partial charge in [-0.1, -0.05) is 0 Å². The minimum Gasteiger partial charge on any atom is -0.505 e. The quantitative estimate of drug-likeness (QED) is 0.804.